The molecule has 0 aliphatic carbocycles. The summed E-state index contributed by atoms with van der Waals surface area (Å²) in [7, 11) is 0. The van der Waals surface area contributed by atoms with E-state index in [4.69, 9.17) is 4.74 Å². The molecule has 0 amide bonds. The smallest absolute Gasteiger partial charge is 0.132 e. The SMILES string of the molecule is C=N/C(CC)=C(/C=C\C(C)Nc1ccnc2cc(/C(=C\SC)OCC)ccc12)SC. The molecule has 1 atom stereocenters. The lowest BCUT2D eigenvalue weighted by Crippen LogP contribution is -2.12. The van der Waals surface area contributed by atoms with Crippen molar-refractivity contribution in [1.82, 2.24) is 4.98 Å². The van der Waals surface area contributed by atoms with Crippen LogP contribution in [0, 0.1) is 0 Å². The first-order chi connectivity index (χ1) is 14.6. The van der Waals surface area contributed by atoms with Crippen LogP contribution in [0.25, 0.3) is 16.7 Å². The third-order valence-electron chi connectivity index (χ3n) is 4.50. The number of nitrogens with zero attached hydrogens (tertiary/aromatic N) is 2. The van der Waals surface area contributed by atoms with Crippen molar-refractivity contribution >= 4 is 52.6 Å². The van der Waals surface area contributed by atoms with Crippen molar-refractivity contribution < 1.29 is 4.74 Å². The van der Waals surface area contributed by atoms with Gasteiger partial charge in [-0.05, 0) is 63.8 Å². The number of fused-ring (bicyclic) bond motifs is 1. The zero-order chi connectivity index (χ0) is 21.9. The molecule has 1 aromatic carbocycles. The molecule has 0 radical (unpaired) electrons. The highest BCUT2D eigenvalue weighted by atomic mass is 32.2. The standard InChI is InChI=1S/C24H31N3OS2/c1-7-20(25-4)24(30-6)12-9-17(3)27-21-13-14-26-22-15-18(10-11-19(21)22)23(16-29-5)28-8-2/h9-17H,4,7-8H2,1-3,5-6H3,(H,26,27)/b12-9-,23-16+,24-20-. The van der Waals surface area contributed by atoms with Crippen LogP contribution in [0.3, 0.4) is 0 Å². The second-order valence-corrected chi connectivity index (χ2v) is 8.12. The van der Waals surface area contributed by atoms with Crippen LogP contribution in [0.1, 0.15) is 32.8 Å². The molecule has 30 heavy (non-hydrogen) atoms. The fourth-order valence-electron chi connectivity index (χ4n) is 3.05. The Morgan fingerprint density at radius 1 is 1.30 bits per heavy atom. The van der Waals surface area contributed by atoms with Crippen molar-refractivity contribution in [2.75, 3.05) is 24.4 Å². The first kappa shape index (κ1) is 24.1. The monoisotopic (exact) mass is 441 g/mol. The largest absolute Gasteiger partial charge is 0.493 e. The number of aromatic nitrogens is 1. The summed E-state index contributed by atoms with van der Waals surface area (Å²) >= 11 is 3.33. The average molecular weight is 442 g/mol. The molecule has 0 bridgehead atoms. The molecule has 1 aromatic heterocycles. The molecule has 0 saturated carbocycles. The Kier molecular flexibility index (Phi) is 10.0. The molecule has 6 heteroatoms. The maximum atomic E-state index is 5.78. The summed E-state index contributed by atoms with van der Waals surface area (Å²) in [6.45, 7) is 10.5. The topological polar surface area (TPSA) is 46.5 Å². The van der Waals surface area contributed by atoms with E-state index in [2.05, 4.69) is 72.5 Å². The van der Waals surface area contributed by atoms with E-state index in [-0.39, 0.29) is 6.04 Å². The minimum Gasteiger partial charge on any atom is -0.493 e. The van der Waals surface area contributed by atoms with Gasteiger partial charge in [0.15, 0.2) is 0 Å². The van der Waals surface area contributed by atoms with E-state index in [0.717, 1.165) is 44.9 Å². The minimum atomic E-state index is 0.149. The van der Waals surface area contributed by atoms with Crippen LogP contribution in [0.2, 0.25) is 0 Å². The van der Waals surface area contributed by atoms with E-state index in [9.17, 15) is 0 Å². The lowest BCUT2D eigenvalue weighted by Gasteiger charge is -2.15. The summed E-state index contributed by atoms with van der Waals surface area (Å²) < 4.78 is 5.78. The predicted molar refractivity (Wildman–Crippen MR) is 137 cm³/mol. The van der Waals surface area contributed by atoms with Crippen molar-refractivity contribution in [1.29, 1.82) is 0 Å². The molecular weight excluding hydrogens is 410 g/mol. The summed E-state index contributed by atoms with van der Waals surface area (Å²) in [5.41, 5.74) is 4.06. The molecule has 160 valence electrons. The van der Waals surface area contributed by atoms with Crippen molar-refractivity contribution in [2.45, 2.75) is 33.2 Å². The predicted octanol–water partition coefficient (Wildman–Crippen LogP) is 6.97. The number of ether oxygens (including phenoxy) is 1. The van der Waals surface area contributed by atoms with Gasteiger partial charge in [-0.15, -0.1) is 23.5 Å². The zero-order valence-corrected chi connectivity index (χ0v) is 20.1. The Balaban J connectivity index is 2.28. The maximum absolute atomic E-state index is 5.78. The zero-order valence-electron chi connectivity index (χ0n) is 18.4. The van der Waals surface area contributed by atoms with Gasteiger partial charge in [0.2, 0.25) is 0 Å². The van der Waals surface area contributed by atoms with Crippen molar-refractivity contribution in [2.24, 2.45) is 4.99 Å². The second kappa shape index (κ2) is 12.5. The van der Waals surface area contributed by atoms with E-state index in [1.165, 1.54) is 0 Å². The number of allylic oxidation sites excluding steroid dienone is 2. The molecule has 1 heterocycles. The number of rotatable bonds is 11. The summed E-state index contributed by atoms with van der Waals surface area (Å²) in [6, 6.07) is 8.44. The van der Waals surface area contributed by atoms with Crippen molar-refractivity contribution in [3.05, 3.63) is 64.2 Å². The Bertz CT molecular complexity index is 951. The van der Waals surface area contributed by atoms with Gasteiger partial charge in [-0.25, -0.2) is 0 Å². The quantitative estimate of drug-likeness (QED) is 0.232. The first-order valence-electron chi connectivity index (χ1n) is 10.0. The number of aliphatic imine (C=N–C) groups is 1. The van der Waals surface area contributed by atoms with Crippen LogP contribution in [-0.4, -0.2) is 36.9 Å². The van der Waals surface area contributed by atoms with E-state index in [1.54, 1.807) is 23.5 Å². The van der Waals surface area contributed by atoms with Gasteiger partial charge in [-0.1, -0.05) is 19.1 Å². The van der Waals surface area contributed by atoms with Gasteiger partial charge in [0.1, 0.15) is 5.76 Å². The third-order valence-corrected chi connectivity index (χ3v) is 5.76. The summed E-state index contributed by atoms with van der Waals surface area (Å²) in [6.07, 6.45) is 11.1. The molecule has 0 saturated heterocycles. The number of pyridine rings is 1. The lowest BCUT2D eigenvalue weighted by molar-refractivity contribution is 0.299. The van der Waals surface area contributed by atoms with Gasteiger partial charge >= 0.3 is 0 Å². The second-order valence-electron chi connectivity index (χ2n) is 6.56. The van der Waals surface area contributed by atoms with E-state index in [0.29, 0.717) is 6.61 Å². The van der Waals surface area contributed by atoms with E-state index in [1.807, 2.05) is 30.9 Å². The van der Waals surface area contributed by atoms with Crippen molar-refractivity contribution in [3.63, 3.8) is 0 Å². The highest BCUT2D eigenvalue weighted by Crippen LogP contribution is 2.28. The van der Waals surface area contributed by atoms with Crippen LogP contribution in [-0.2, 0) is 4.74 Å². The molecule has 0 spiro atoms. The average Bonchev–Trinajstić information content (AvgIpc) is 2.76. The molecule has 2 rings (SSSR count). The Morgan fingerprint density at radius 2 is 2.10 bits per heavy atom. The number of hydrogen-bond donors (Lipinski definition) is 1. The fraction of sp³-hybridized carbons (Fsp3) is 0.333. The van der Waals surface area contributed by atoms with Gasteiger partial charge < -0.3 is 10.1 Å². The number of thioether (sulfide) groups is 2. The summed E-state index contributed by atoms with van der Waals surface area (Å²) in [5, 5.41) is 6.70. The van der Waals surface area contributed by atoms with Gasteiger partial charge in [0.05, 0.1) is 17.8 Å². The lowest BCUT2D eigenvalue weighted by atomic mass is 10.1. The maximum Gasteiger partial charge on any atom is 0.132 e. The van der Waals surface area contributed by atoms with Crippen molar-refractivity contribution in [3.8, 4) is 0 Å². The number of benzene rings is 1. The molecule has 2 aromatic rings. The highest BCUT2D eigenvalue weighted by molar-refractivity contribution is 8.02. The van der Waals surface area contributed by atoms with Crippen LogP contribution >= 0.6 is 23.5 Å². The third kappa shape index (κ3) is 6.41. The Labute approximate surface area is 189 Å². The molecule has 0 aliphatic heterocycles. The molecule has 1 unspecified atom stereocenters. The van der Waals surface area contributed by atoms with Crippen LogP contribution in [0.5, 0.6) is 0 Å². The van der Waals surface area contributed by atoms with Gasteiger partial charge in [0.25, 0.3) is 0 Å². The number of anilines is 1. The highest BCUT2D eigenvalue weighted by Gasteiger charge is 2.09. The minimum absolute atomic E-state index is 0.149. The Morgan fingerprint density at radius 3 is 2.73 bits per heavy atom. The molecule has 4 nitrogen and oxygen atoms in total. The Hall–Kier alpha value is -2.18. The molecular formula is C24H31N3OS2. The summed E-state index contributed by atoms with van der Waals surface area (Å²) in [5.74, 6) is 0.877. The van der Waals surface area contributed by atoms with E-state index < -0.39 is 0 Å². The van der Waals surface area contributed by atoms with Crippen LogP contribution in [0.15, 0.2) is 63.6 Å². The first-order valence-corrected chi connectivity index (χ1v) is 12.5. The molecule has 0 aliphatic rings. The number of nitrogens with one attached hydrogen (secondary N) is 1. The van der Waals surface area contributed by atoms with Gasteiger partial charge in [-0.3, -0.25) is 9.98 Å². The molecule has 0 fully saturated rings. The molecule has 1 N–H and O–H groups in total. The normalized spacial score (nSPS) is 14.0. The number of hydrogen-bond acceptors (Lipinski definition) is 6. The van der Waals surface area contributed by atoms with Crippen LogP contribution < -0.4 is 5.32 Å². The fourth-order valence-corrected chi connectivity index (χ4v) is 4.12. The van der Waals surface area contributed by atoms with Crippen LogP contribution in [0.4, 0.5) is 5.69 Å². The van der Waals surface area contributed by atoms with Gasteiger partial charge in [0, 0.05) is 39.2 Å². The van der Waals surface area contributed by atoms with Gasteiger partial charge in [-0.2, -0.15) is 0 Å². The van der Waals surface area contributed by atoms with E-state index >= 15 is 0 Å². The summed E-state index contributed by atoms with van der Waals surface area (Å²) in [4.78, 5) is 9.86.